The molecule has 0 unspecified atom stereocenters. The lowest BCUT2D eigenvalue weighted by Crippen LogP contribution is -2.00. The molecule has 11 heteroatoms. The van der Waals surface area contributed by atoms with E-state index in [1.807, 2.05) is 0 Å². The maximum absolute atomic E-state index is 11.9. The van der Waals surface area contributed by atoms with Gasteiger partial charge < -0.3 is 37.9 Å². The lowest BCUT2D eigenvalue weighted by molar-refractivity contribution is -0.134. The number of ether oxygens (including phenoxy) is 8. The summed E-state index contributed by atoms with van der Waals surface area (Å²) in [6.07, 6.45) is 9.63. The van der Waals surface area contributed by atoms with Gasteiger partial charge in [-0.3, -0.25) is 0 Å². The average Bonchev–Trinajstić information content (AvgIpc) is 3.17. The first-order chi connectivity index (χ1) is 26.7. The molecule has 0 N–H and O–H groups in total. The van der Waals surface area contributed by atoms with E-state index in [-0.39, 0.29) is 16.7 Å². The van der Waals surface area contributed by atoms with E-state index in [9.17, 15) is 14.4 Å². The van der Waals surface area contributed by atoms with Gasteiger partial charge in [-0.15, -0.1) is 0 Å². The molecule has 56 heavy (non-hydrogen) atoms. The first-order valence-electron chi connectivity index (χ1n) is 16.5. The van der Waals surface area contributed by atoms with Crippen LogP contribution in [0.1, 0.15) is 38.8 Å². The van der Waals surface area contributed by atoms with Crippen LogP contribution in [0.25, 0.3) is 11.1 Å². The van der Waals surface area contributed by atoms with Crippen LogP contribution in [0.5, 0.6) is 23.0 Å². The second-order valence-corrected chi connectivity index (χ2v) is 11.6. The molecule has 0 heterocycles. The molecule has 0 aromatic heterocycles. The highest BCUT2D eigenvalue weighted by molar-refractivity contribution is 5.88. The zero-order valence-electron chi connectivity index (χ0n) is 31.4. The number of esters is 3. The average molecular weight is 757 g/mol. The second-order valence-electron chi connectivity index (χ2n) is 11.6. The van der Waals surface area contributed by atoms with E-state index in [0.717, 1.165) is 18.8 Å². The second kappa shape index (κ2) is 21.7. The minimum atomic E-state index is -0.624. The third-order valence-electron chi connectivity index (χ3n) is 6.72. The molecule has 0 bridgehead atoms. The Morgan fingerprint density at radius 2 is 0.911 bits per heavy atom. The molecular weight excluding hydrogens is 716 g/mol. The third-order valence-corrected chi connectivity index (χ3v) is 6.72. The summed E-state index contributed by atoms with van der Waals surface area (Å²) in [5.41, 5.74) is 3.64. The standard InChI is InChI=1S/C45H40O11/c1-30(2)34(9)49-20-23-52-41-29-40(36-14-18-39(19-15-36)51-22-26-55-44(47)32(5)6)42(53-24-27-56-45(48)33(7)8)28-37(41)13-10-35-11-16-38(17-12-35)50-21-25-54-43(46)31(3)4/h11-12,14-29H,1,3,5,7,9H2,2,4,6,8H3/b23-20+,25-21+,26-22+,27-24+. The van der Waals surface area contributed by atoms with Crippen LogP contribution in [-0.4, -0.2) is 17.9 Å². The first kappa shape index (κ1) is 42.7. The monoisotopic (exact) mass is 756 g/mol. The number of allylic oxidation sites excluding steroid dienone is 1. The maximum Gasteiger partial charge on any atom is 0.338 e. The predicted octanol–water partition coefficient (Wildman–Crippen LogP) is 9.62. The summed E-state index contributed by atoms with van der Waals surface area (Å²) in [5.74, 6) is 6.37. The lowest BCUT2D eigenvalue weighted by atomic mass is 10.0. The molecule has 0 saturated heterocycles. The molecule has 0 aliphatic heterocycles. The molecule has 0 aliphatic rings. The Morgan fingerprint density at radius 1 is 0.482 bits per heavy atom. The summed E-state index contributed by atoms with van der Waals surface area (Å²) in [4.78, 5) is 35.0. The number of hydrogen-bond donors (Lipinski definition) is 0. The smallest absolute Gasteiger partial charge is 0.338 e. The molecule has 0 fully saturated rings. The third kappa shape index (κ3) is 14.4. The molecule has 11 nitrogen and oxygen atoms in total. The summed E-state index contributed by atoms with van der Waals surface area (Å²) < 4.78 is 43.3. The van der Waals surface area contributed by atoms with Crippen molar-refractivity contribution in [1.29, 1.82) is 0 Å². The van der Waals surface area contributed by atoms with E-state index < -0.39 is 17.9 Å². The van der Waals surface area contributed by atoms with Crippen LogP contribution in [0.4, 0.5) is 0 Å². The number of carbonyl (C=O) groups excluding carboxylic acids is 3. The molecule has 0 aliphatic carbocycles. The molecule has 0 saturated carbocycles. The Bertz CT molecular complexity index is 2170. The first-order valence-corrected chi connectivity index (χ1v) is 16.5. The summed E-state index contributed by atoms with van der Waals surface area (Å²) in [6, 6.07) is 17.1. The van der Waals surface area contributed by atoms with E-state index in [4.69, 9.17) is 37.9 Å². The molecule has 3 aromatic carbocycles. The van der Waals surface area contributed by atoms with Crippen LogP contribution in [0, 0.1) is 11.8 Å². The van der Waals surface area contributed by atoms with Crippen molar-refractivity contribution in [2.75, 3.05) is 0 Å². The van der Waals surface area contributed by atoms with Gasteiger partial charge >= 0.3 is 17.9 Å². The quantitative estimate of drug-likeness (QED) is 0.0308. The van der Waals surface area contributed by atoms with Gasteiger partial charge in [-0.25, -0.2) is 14.4 Å². The van der Waals surface area contributed by atoms with Gasteiger partial charge in [-0.05, 0) is 81.3 Å². The van der Waals surface area contributed by atoms with Crippen molar-refractivity contribution < 1.29 is 52.3 Å². The van der Waals surface area contributed by atoms with Gasteiger partial charge in [-0.2, -0.15) is 0 Å². The van der Waals surface area contributed by atoms with Gasteiger partial charge in [0.2, 0.25) is 0 Å². The van der Waals surface area contributed by atoms with Crippen LogP contribution >= 0.6 is 0 Å². The van der Waals surface area contributed by atoms with Crippen LogP contribution in [0.3, 0.4) is 0 Å². The Kier molecular flexibility index (Phi) is 16.6. The number of hydrogen-bond acceptors (Lipinski definition) is 11. The fourth-order valence-electron chi connectivity index (χ4n) is 3.74. The molecular formula is C45H40O11. The van der Waals surface area contributed by atoms with E-state index in [2.05, 4.69) is 44.7 Å². The molecule has 0 amide bonds. The largest absolute Gasteiger partial charge is 0.462 e. The van der Waals surface area contributed by atoms with Gasteiger partial charge in [0.1, 0.15) is 78.9 Å². The van der Waals surface area contributed by atoms with Gasteiger partial charge in [0, 0.05) is 33.9 Å². The molecule has 286 valence electrons. The zero-order chi connectivity index (χ0) is 41.0. The molecule has 0 spiro atoms. The van der Waals surface area contributed by atoms with Crippen molar-refractivity contribution in [3.8, 4) is 46.0 Å². The normalized spacial score (nSPS) is 10.6. The van der Waals surface area contributed by atoms with E-state index in [0.29, 0.717) is 56.6 Å². The van der Waals surface area contributed by atoms with Crippen molar-refractivity contribution in [3.63, 3.8) is 0 Å². The summed E-state index contributed by atoms with van der Waals surface area (Å²) >= 11 is 0. The Hall–Kier alpha value is -7.71. The van der Waals surface area contributed by atoms with Crippen LogP contribution in [0.15, 0.2) is 172 Å². The fourth-order valence-corrected chi connectivity index (χ4v) is 3.74. The number of benzene rings is 3. The van der Waals surface area contributed by atoms with Gasteiger partial charge in [-0.1, -0.05) is 56.9 Å². The molecule has 0 radical (unpaired) electrons. The Labute approximate surface area is 326 Å². The van der Waals surface area contributed by atoms with E-state index in [1.54, 1.807) is 67.6 Å². The van der Waals surface area contributed by atoms with E-state index in [1.165, 1.54) is 52.1 Å². The highest BCUT2D eigenvalue weighted by atomic mass is 16.6. The van der Waals surface area contributed by atoms with Gasteiger partial charge in [0.05, 0.1) is 5.56 Å². The van der Waals surface area contributed by atoms with Crippen LogP contribution < -0.4 is 18.9 Å². The number of carbonyl (C=O) groups is 3. The highest BCUT2D eigenvalue weighted by Gasteiger charge is 2.14. The van der Waals surface area contributed by atoms with Crippen molar-refractivity contribution >= 4 is 17.9 Å². The minimum Gasteiger partial charge on any atom is -0.462 e. The molecule has 3 aromatic rings. The lowest BCUT2D eigenvalue weighted by Gasteiger charge is -2.14. The van der Waals surface area contributed by atoms with Crippen molar-refractivity contribution in [3.05, 3.63) is 183 Å². The van der Waals surface area contributed by atoms with Crippen molar-refractivity contribution in [2.45, 2.75) is 27.7 Å². The highest BCUT2D eigenvalue weighted by Crippen LogP contribution is 2.37. The zero-order valence-corrected chi connectivity index (χ0v) is 31.4. The summed E-state index contributed by atoms with van der Waals surface area (Å²) in [6.45, 7) is 24.6. The Morgan fingerprint density at radius 3 is 1.38 bits per heavy atom. The number of rotatable bonds is 18. The minimum absolute atomic E-state index is 0.213. The molecule has 0 atom stereocenters. The summed E-state index contributed by atoms with van der Waals surface area (Å²) in [7, 11) is 0. The van der Waals surface area contributed by atoms with E-state index >= 15 is 0 Å². The predicted molar refractivity (Wildman–Crippen MR) is 211 cm³/mol. The maximum atomic E-state index is 11.9. The molecule has 3 rings (SSSR count). The van der Waals surface area contributed by atoms with Gasteiger partial charge in [0.15, 0.2) is 0 Å². The fraction of sp³-hybridized carbons (Fsp3) is 0.0889. The Balaban J connectivity index is 2.00. The van der Waals surface area contributed by atoms with Gasteiger partial charge in [0.25, 0.3) is 0 Å². The SMILES string of the molecule is C=C(C)C(=C)O/C=C/Oc1cc(-c2ccc(O/C=C/OC(=O)C(=C)C)cc2)c(O/C=C/OC(=O)C(=C)C)cc1C#Cc1ccc(O/C=C/OC(=O)C(=C)C)cc1. The summed E-state index contributed by atoms with van der Waals surface area (Å²) in [5, 5.41) is 0. The van der Waals surface area contributed by atoms with Crippen LogP contribution in [0.2, 0.25) is 0 Å². The van der Waals surface area contributed by atoms with Crippen LogP contribution in [-0.2, 0) is 33.3 Å². The van der Waals surface area contributed by atoms with Crippen molar-refractivity contribution in [1.82, 2.24) is 0 Å². The van der Waals surface area contributed by atoms with Crippen molar-refractivity contribution in [2.24, 2.45) is 0 Å². The topological polar surface area (TPSA) is 125 Å².